The fourth-order valence-corrected chi connectivity index (χ4v) is 14.6. The van der Waals surface area contributed by atoms with Gasteiger partial charge in [-0.05, 0) is 114 Å². The van der Waals surface area contributed by atoms with Crippen LogP contribution >= 0.6 is 11.3 Å². The quantitative estimate of drug-likeness (QED) is 0.0865. The molecule has 5 fully saturated rings. The van der Waals surface area contributed by atoms with Crippen molar-refractivity contribution in [3.63, 3.8) is 0 Å². The van der Waals surface area contributed by atoms with Crippen LogP contribution in [0.3, 0.4) is 0 Å². The van der Waals surface area contributed by atoms with Crippen LogP contribution in [0.2, 0.25) is 0 Å². The first-order valence-electron chi connectivity index (χ1n) is 31.3. The fourth-order valence-electron chi connectivity index (χ4n) is 13.8. The van der Waals surface area contributed by atoms with Gasteiger partial charge in [0.1, 0.15) is 58.4 Å². The maximum Gasteiger partial charge on any atom is 0.410 e. The largest absolute Gasteiger partial charge is 0.508 e. The lowest BCUT2D eigenvalue weighted by atomic mass is 9.91. The highest BCUT2D eigenvalue weighted by Crippen LogP contribution is 2.42. The Morgan fingerprint density at radius 2 is 1.64 bits per heavy atom. The predicted octanol–water partition coefficient (Wildman–Crippen LogP) is 10.4. The van der Waals surface area contributed by atoms with E-state index >= 15 is 13.2 Å². The molecule has 90 heavy (non-hydrogen) atoms. The molecule has 2 N–H and O–H groups in total. The second-order valence-corrected chi connectivity index (χ2v) is 26.9. The number of anilines is 2. The van der Waals surface area contributed by atoms with Crippen molar-refractivity contribution in [1.29, 1.82) is 0 Å². The number of rotatable bonds is 16. The molecule has 19 nitrogen and oxygen atoms in total. The summed E-state index contributed by atoms with van der Waals surface area (Å²) in [6, 6.07) is 14.0. The summed E-state index contributed by atoms with van der Waals surface area (Å²) in [5.41, 5.74) is 2.42. The molecule has 12 rings (SSSR count). The van der Waals surface area contributed by atoms with Crippen molar-refractivity contribution in [3.8, 4) is 45.8 Å². The highest BCUT2D eigenvalue weighted by molar-refractivity contribution is 7.13. The summed E-state index contributed by atoms with van der Waals surface area (Å²) in [4.78, 5) is 73.2. The second kappa shape index (κ2) is 25.3. The van der Waals surface area contributed by atoms with Crippen molar-refractivity contribution < 1.29 is 46.7 Å². The Morgan fingerprint density at radius 3 is 2.32 bits per heavy atom. The third-order valence-electron chi connectivity index (χ3n) is 18.4. The van der Waals surface area contributed by atoms with Gasteiger partial charge in [0.25, 0.3) is 0 Å². The van der Waals surface area contributed by atoms with Gasteiger partial charge in [-0.15, -0.1) is 17.8 Å². The van der Waals surface area contributed by atoms with Crippen LogP contribution in [0.15, 0.2) is 70.8 Å². The standard InChI is InChI=1S/C67H77F3N12O7S/c1-9-48-51(68)19-16-44-31-47(83)32-49(56(44)48)58-57(69)59-50(34-71-58)61(80-35-45-17-18-46(36-80)82(45)65(86)88-66(6,7)8)75-64(74-59)87-30-29-77-23-20-67(70,21-24-77)37-78-25-27-79(28-26-78)54-33-53(89-76-54)55(39(2)3)63(85)81-22-10-11-52(81)62(84)73-40(4)42-12-14-43(15-13-42)60-41(5)72-38-90-60/h1,12-16,19,31-34,38-40,45-46,52,55,83H,10-11,17-18,20-30,35-37H2,2-8H3,(H,73,84). The zero-order valence-electron chi connectivity index (χ0n) is 52.0. The van der Waals surface area contributed by atoms with Crippen LogP contribution in [-0.2, 0) is 14.3 Å². The van der Waals surface area contributed by atoms with Gasteiger partial charge in [0.15, 0.2) is 17.4 Å². The Kier molecular flexibility index (Phi) is 17.5. The van der Waals surface area contributed by atoms with E-state index in [4.69, 9.17) is 25.4 Å². The normalized spacial score (nSPS) is 20.4. The number of aryl methyl sites for hydroxylation is 1. The third-order valence-corrected chi connectivity index (χ3v) is 19.4. The Balaban J connectivity index is 0.660. The molecule has 23 heteroatoms. The van der Waals surface area contributed by atoms with Gasteiger partial charge in [-0.3, -0.25) is 29.3 Å². The topological polar surface area (TPSA) is 199 Å². The van der Waals surface area contributed by atoms with Crippen LogP contribution in [0, 0.1) is 36.8 Å². The number of phenolic OH excluding ortho intramolecular Hbond substituents is 1. The molecule has 3 aromatic carbocycles. The molecule has 3 amide bonds. The minimum absolute atomic E-state index is 0.0792. The molecule has 5 aliphatic heterocycles. The predicted molar refractivity (Wildman–Crippen MR) is 338 cm³/mol. The number of hydrogen-bond acceptors (Lipinski definition) is 17. The third kappa shape index (κ3) is 12.7. The van der Waals surface area contributed by atoms with E-state index in [1.807, 2.05) is 89.2 Å². The highest BCUT2D eigenvalue weighted by atomic mass is 32.1. The maximum absolute atomic E-state index is 17.4. The van der Waals surface area contributed by atoms with E-state index in [1.165, 1.54) is 30.5 Å². The average molecular weight is 1250 g/mol. The first kappa shape index (κ1) is 62.1. The van der Waals surface area contributed by atoms with Gasteiger partial charge < -0.3 is 39.1 Å². The number of amides is 3. The van der Waals surface area contributed by atoms with Crippen LogP contribution in [0.1, 0.15) is 115 Å². The van der Waals surface area contributed by atoms with E-state index in [1.54, 1.807) is 21.1 Å². The molecule has 9 heterocycles. The number of fused-ring (bicyclic) bond motifs is 4. The van der Waals surface area contributed by atoms with Crippen molar-refractivity contribution in [2.75, 3.05) is 88.4 Å². The molecule has 474 valence electrons. The molecule has 5 saturated heterocycles. The van der Waals surface area contributed by atoms with Crippen molar-refractivity contribution in [2.45, 2.75) is 128 Å². The SMILES string of the molecule is C#Cc1c(F)ccc2cc(O)cc(-c3ncc4c(N5CC6CCC(C5)N6C(=O)OC(C)(C)C)nc(OCCN5CCC(F)(CN6CCN(c7cc(C(C(=O)N8CCCC8C(=O)NC(C)c8ccc(-c9scnc9C)cc8)C(C)C)on7)CC6)CC5)nc4c3F)c12. The monoisotopic (exact) mass is 1250 g/mol. The van der Waals surface area contributed by atoms with Crippen LogP contribution in [-0.4, -0.2) is 176 Å². The summed E-state index contributed by atoms with van der Waals surface area (Å²) >= 11 is 1.60. The summed E-state index contributed by atoms with van der Waals surface area (Å²) in [7, 11) is 0. The van der Waals surface area contributed by atoms with Crippen LogP contribution < -0.4 is 19.9 Å². The molecule has 2 bridgehead atoms. The van der Waals surface area contributed by atoms with Gasteiger partial charge in [0.2, 0.25) is 11.8 Å². The summed E-state index contributed by atoms with van der Waals surface area (Å²) < 4.78 is 67.3. The number of thiazole rings is 1. The molecule has 0 saturated carbocycles. The number of hydrogen-bond donors (Lipinski definition) is 2. The van der Waals surface area contributed by atoms with Crippen LogP contribution in [0.25, 0.3) is 43.4 Å². The number of nitrogens with one attached hydrogen (secondary N) is 1. The van der Waals surface area contributed by atoms with E-state index in [-0.39, 0.29) is 100.0 Å². The Morgan fingerprint density at radius 1 is 0.911 bits per heavy atom. The van der Waals surface area contributed by atoms with Gasteiger partial charge in [-0.2, -0.15) is 9.97 Å². The highest BCUT2D eigenvalue weighted by Gasteiger charge is 2.46. The number of ether oxygens (including phenoxy) is 2. The summed E-state index contributed by atoms with van der Waals surface area (Å²) in [5, 5.41) is 19.3. The van der Waals surface area contributed by atoms with Gasteiger partial charge in [0.05, 0.1) is 45.2 Å². The summed E-state index contributed by atoms with van der Waals surface area (Å²) in [5.74, 6) is 0.978. The number of carbonyl (C=O) groups is 3. The number of aromatic nitrogens is 5. The van der Waals surface area contributed by atoms with Crippen molar-refractivity contribution in [1.82, 2.24) is 50.0 Å². The molecule has 7 aromatic rings. The minimum atomic E-state index is -1.42. The smallest absolute Gasteiger partial charge is 0.410 e. The number of piperazine rings is 2. The number of terminal acetylenes is 1. The van der Waals surface area contributed by atoms with E-state index < -0.39 is 34.9 Å². The lowest BCUT2D eigenvalue weighted by molar-refractivity contribution is -0.141. The Bertz CT molecular complexity index is 3860. The number of pyridine rings is 1. The first-order chi connectivity index (χ1) is 43.1. The molecule has 5 atom stereocenters. The lowest BCUT2D eigenvalue weighted by Gasteiger charge is -2.42. The maximum atomic E-state index is 17.4. The Hall–Kier alpha value is -8.07. The number of aromatic hydroxyl groups is 1. The number of phenols is 1. The van der Waals surface area contributed by atoms with Gasteiger partial charge in [0, 0.05) is 95.2 Å². The van der Waals surface area contributed by atoms with Crippen molar-refractivity contribution in [3.05, 3.63) is 101 Å². The molecular formula is C67H77F3N12O7S. The number of benzene rings is 3. The van der Waals surface area contributed by atoms with Gasteiger partial charge in [-0.25, -0.2) is 22.9 Å². The first-order valence-corrected chi connectivity index (χ1v) is 32.1. The van der Waals surface area contributed by atoms with E-state index in [9.17, 15) is 19.5 Å². The number of piperidine rings is 1. The number of nitrogens with zero attached hydrogens (tertiary/aromatic N) is 11. The zero-order chi connectivity index (χ0) is 63.3. The molecular weight excluding hydrogens is 1170 g/mol. The molecule has 0 radical (unpaired) electrons. The van der Waals surface area contributed by atoms with Gasteiger partial charge in [-0.1, -0.05) is 55.3 Å². The number of alkyl halides is 1. The Labute approximate surface area is 525 Å². The number of halogens is 3. The fraction of sp³-hybridized carbons (Fsp3) is 0.493. The molecule has 5 unspecified atom stereocenters. The molecule has 0 aliphatic carbocycles. The van der Waals surface area contributed by atoms with Crippen molar-refractivity contribution >= 4 is 62.6 Å². The minimum Gasteiger partial charge on any atom is -0.508 e. The number of carbonyl (C=O) groups excluding carboxylic acids is 3. The second-order valence-electron chi connectivity index (χ2n) is 26.1. The summed E-state index contributed by atoms with van der Waals surface area (Å²) in [6.45, 7) is 18.8. The number of likely N-dealkylation sites (tertiary alicyclic amines) is 2. The van der Waals surface area contributed by atoms with E-state index in [0.29, 0.717) is 114 Å². The van der Waals surface area contributed by atoms with Crippen LogP contribution in [0.4, 0.5) is 29.6 Å². The summed E-state index contributed by atoms with van der Waals surface area (Å²) in [6.07, 6.45) is 10.3. The average Bonchev–Trinajstić information content (AvgIpc) is 1.02. The van der Waals surface area contributed by atoms with Crippen molar-refractivity contribution in [2.24, 2.45) is 5.92 Å². The molecule has 5 aliphatic rings. The van der Waals surface area contributed by atoms with Gasteiger partial charge >= 0.3 is 12.1 Å². The molecule has 4 aromatic heterocycles. The zero-order valence-corrected chi connectivity index (χ0v) is 52.8. The van der Waals surface area contributed by atoms with E-state index in [2.05, 4.69) is 46.0 Å². The lowest BCUT2D eigenvalue weighted by Crippen LogP contribution is -2.57. The van der Waals surface area contributed by atoms with E-state index in [0.717, 1.165) is 34.5 Å². The van der Waals surface area contributed by atoms with Crippen LogP contribution in [0.5, 0.6) is 11.8 Å². The molecule has 0 spiro atoms.